The summed E-state index contributed by atoms with van der Waals surface area (Å²) >= 11 is 0. The highest BCUT2D eigenvalue weighted by Crippen LogP contribution is 2.24. The fraction of sp³-hybridized carbons (Fsp3) is 0.583. The molecule has 1 aliphatic rings. The van der Waals surface area contributed by atoms with Crippen LogP contribution < -0.4 is 4.90 Å². The van der Waals surface area contributed by atoms with Crippen LogP contribution in [0.25, 0.3) is 0 Å². The topological polar surface area (TPSA) is 45.6 Å². The SMILES string of the molecule is COC1CCN(c2ccncc2CO)CC1. The lowest BCUT2D eigenvalue weighted by atomic mass is 10.1. The Morgan fingerprint density at radius 3 is 2.88 bits per heavy atom. The number of nitrogens with zero attached hydrogens (tertiary/aromatic N) is 2. The Balaban J connectivity index is 2.07. The zero-order valence-corrected chi connectivity index (χ0v) is 9.59. The van der Waals surface area contributed by atoms with Crippen LogP contribution >= 0.6 is 0 Å². The minimum Gasteiger partial charge on any atom is -0.392 e. The lowest BCUT2D eigenvalue weighted by Gasteiger charge is -2.33. The van der Waals surface area contributed by atoms with Crippen molar-refractivity contribution < 1.29 is 9.84 Å². The summed E-state index contributed by atoms with van der Waals surface area (Å²) in [6, 6.07) is 1.97. The second kappa shape index (κ2) is 5.27. The summed E-state index contributed by atoms with van der Waals surface area (Å²) in [5, 5.41) is 9.26. The van der Waals surface area contributed by atoms with Crippen LogP contribution in [0.4, 0.5) is 5.69 Å². The Labute approximate surface area is 95.9 Å². The van der Waals surface area contributed by atoms with Crippen molar-refractivity contribution in [2.24, 2.45) is 0 Å². The van der Waals surface area contributed by atoms with E-state index in [1.165, 1.54) is 0 Å². The summed E-state index contributed by atoms with van der Waals surface area (Å²) in [5.41, 5.74) is 2.01. The smallest absolute Gasteiger partial charge is 0.0717 e. The quantitative estimate of drug-likeness (QED) is 0.834. The van der Waals surface area contributed by atoms with Crippen LogP contribution in [0.3, 0.4) is 0 Å². The van der Waals surface area contributed by atoms with Gasteiger partial charge in [0.1, 0.15) is 0 Å². The van der Waals surface area contributed by atoms with Gasteiger partial charge in [0.2, 0.25) is 0 Å². The molecule has 1 aromatic heterocycles. The zero-order valence-electron chi connectivity index (χ0n) is 9.59. The number of hydrogen-bond donors (Lipinski definition) is 1. The number of hydrogen-bond acceptors (Lipinski definition) is 4. The van der Waals surface area contributed by atoms with Gasteiger partial charge in [0.15, 0.2) is 0 Å². The van der Waals surface area contributed by atoms with Gasteiger partial charge in [-0.25, -0.2) is 0 Å². The van der Waals surface area contributed by atoms with Crippen molar-refractivity contribution in [1.29, 1.82) is 0 Å². The monoisotopic (exact) mass is 222 g/mol. The second-order valence-electron chi connectivity index (χ2n) is 4.08. The first-order chi connectivity index (χ1) is 7.85. The number of pyridine rings is 1. The molecule has 0 aliphatic carbocycles. The van der Waals surface area contributed by atoms with Gasteiger partial charge in [-0.05, 0) is 18.9 Å². The lowest BCUT2D eigenvalue weighted by Crippen LogP contribution is -2.37. The summed E-state index contributed by atoms with van der Waals surface area (Å²) in [4.78, 5) is 6.33. The maximum atomic E-state index is 9.26. The third-order valence-corrected chi connectivity index (χ3v) is 3.16. The second-order valence-corrected chi connectivity index (χ2v) is 4.08. The van der Waals surface area contributed by atoms with Crippen LogP contribution in [-0.4, -0.2) is 36.4 Å². The minimum atomic E-state index is 0.0490. The van der Waals surface area contributed by atoms with E-state index in [4.69, 9.17) is 4.74 Å². The van der Waals surface area contributed by atoms with Crippen molar-refractivity contribution in [3.05, 3.63) is 24.0 Å². The Hall–Kier alpha value is -1.13. The van der Waals surface area contributed by atoms with Gasteiger partial charge >= 0.3 is 0 Å². The number of piperidine rings is 1. The highest BCUT2D eigenvalue weighted by atomic mass is 16.5. The molecule has 88 valence electrons. The summed E-state index contributed by atoms with van der Waals surface area (Å²) in [6.45, 7) is 2.01. The van der Waals surface area contributed by atoms with Gasteiger partial charge in [-0.2, -0.15) is 0 Å². The molecule has 4 heteroatoms. The summed E-state index contributed by atoms with van der Waals surface area (Å²) in [6.07, 6.45) is 5.98. The Kier molecular flexibility index (Phi) is 3.74. The lowest BCUT2D eigenvalue weighted by molar-refractivity contribution is 0.0818. The van der Waals surface area contributed by atoms with Crippen molar-refractivity contribution in [3.63, 3.8) is 0 Å². The molecular formula is C12H18N2O2. The van der Waals surface area contributed by atoms with Gasteiger partial charge in [-0.15, -0.1) is 0 Å². The van der Waals surface area contributed by atoms with Crippen molar-refractivity contribution in [3.8, 4) is 0 Å². The van der Waals surface area contributed by atoms with Crippen LogP contribution in [0.2, 0.25) is 0 Å². The number of aliphatic hydroxyl groups excluding tert-OH is 1. The van der Waals surface area contributed by atoms with Crippen LogP contribution in [0.1, 0.15) is 18.4 Å². The predicted octanol–water partition coefficient (Wildman–Crippen LogP) is 1.19. The molecule has 1 saturated heterocycles. The molecule has 0 radical (unpaired) electrons. The van der Waals surface area contributed by atoms with E-state index in [0.717, 1.165) is 37.2 Å². The van der Waals surface area contributed by atoms with Crippen molar-refractivity contribution in [2.75, 3.05) is 25.1 Å². The van der Waals surface area contributed by atoms with E-state index in [-0.39, 0.29) is 6.61 Å². The number of methoxy groups -OCH3 is 1. The van der Waals surface area contributed by atoms with Gasteiger partial charge in [-0.3, -0.25) is 4.98 Å². The molecule has 16 heavy (non-hydrogen) atoms. The van der Waals surface area contributed by atoms with E-state index in [1.807, 2.05) is 6.07 Å². The molecule has 0 spiro atoms. The Morgan fingerprint density at radius 2 is 2.25 bits per heavy atom. The molecule has 0 aromatic carbocycles. The Morgan fingerprint density at radius 1 is 1.50 bits per heavy atom. The van der Waals surface area contributed by atoms with Gasteiger partial charge in [0.05, 0.1) is 12.7 Å². The van der Waals surface area contributed by atoms with E-state index in [1.54, 1.807) is 19.5 Å². The molecule has 0 amide bonds. The molecule has 0 saturated carbocycles. The van der Waals surface area contributed by atoms with Gasteiger partial charge in [0, 0.05) is 43.8 Å². The van der Waals surface area contributed by atoms with Crippen LogP contribution in [0.5, 0.6) is 0 Å². The molecule has 1 aliphatic heterocycles. The first-order valence-electron chi connectivity index (χ1n) is 5.66. The summed E-state index contributed by atoms with van der Waals surface area (Å²) in [5.74, 6) is 0. The molecule has 4 nitrogen and oxygen atoms in total. The van der Waals surface area contributed by atoms with Crippen LogP contribution in [0.15, 0.2) is 18.5 Å². The largest absolute Gasteiger partial charge is 0.392 e. The standard InChI is InChI=1S/C12H18N2O2/c1-16-11-3-6-14(7-4-11)12-2-5-13-8-10(12)9-15/h2,5,8,11,15H,3-4,6-7,9H2,1H3. The van der Waals surface area contributed by atoms with E-state index in [2.05, 4.69) is 9.88 Å². The van der Waals surface area contributed by atoms with Crippen molar-refractivity contribution in [1.82, 2.24) is 4.98 Å². The van der Waals surface area contributed by atoms with E-state index in [9.17, 15) is 5.11 Å². The number of ether oxygens (including phenoxy) is 1. The van der Waals surface area contributed by atoms with E-state index >= 15 is 0 Å². The molecule has 1 fully saturated rings. The molecule has 0 bridgehead atoms. The van der Waals surface area contributed by atoms with Crippen molar-refractivity contribution in [2.45, 2.75) is 25.6 Å². The normalized spacial score (nSPS) is 17.8. The number of aliphatic hydroxyl groups is 1. The average molecular weight is 222 g/mol. The fourth-order valence-electron chi connectivity index (χ4n) is 2.18. The van der Waals surface area contributed by atoms with Crippen molar-refractivity contribution >= 4 is 5.69 Å². The minimum absolute atomic E-state index is 0.0490. The maximum absolute atomic E-state index is 9.26. The van der Waals surface area contributed by atoms with Gasteiger partial charge in [0.25, 0.3) is 0 Å². The highest BCUT2D eigenvalue weighted by Gasteiger charge is 2.20. The highest BCUT2D eigenvalue weighted by molar-refractivity contribution is 5.52. The first kappa shape index (κ1) is 11.4. The molecule has 1 aromatic rings. The van der Waals surface area contributed by atoms with E-state index in [0.29, 0.717) is 6.10 Å². The summed E-state index contributed by atoms with van der Waals surface area (Å²) < 4.78 is 5.34. The molecule has 0 unspecified atom stereocenters. The predicted molar refractivity (Wildman–Crippen MR) is 62.4 cm³/mol. The summed E-state index contributed by atoms with van der Waals surface area (Å²) in [7, 11) is 1.77. The number of aromatic nitrogens is 1. The molecule has 2 rings (SSSR count). The molecule has 2 heterocycles. The fourth-order valence-corrected chi connectivity index (χ4v) is 2.18. The van der Waals surface area contributed by atoms with Crippen LogP contribution in [0, 0.1) is 0 Å². The zero-order chi connectivity index (χ0) is 11.4. The molecule has 1 N–H and O–H groups in total. The Bertz CT molecular complexity index is 336. The first-order valence-corrected chi connectivity index (χ1v) is 5.66. The molecule has 0 atom stereocenters. The van der Waals surface area contributed by atoms with Gasteiger partial charge < -0.3 is 14.7 Å². The van der Waals surface area contributed by atoms with E-state index < -0.39 is 0 Å². The van der Waals surface area contributed by atoms with Gasteiger partial charge in [-0.1, -0.05) is 0 Å². The number of rotatable bonds is 3. The molecular weight excluding hydrogens is 204 g/mol. The van der Waals surface area contributed by atoms with Crippen LogP contribution in [-0.2, 0) is 11.3 Å². The average Bonchev–Trinajstić information content (AvgIpc) is 2.39. The third kappa shape index (κ3) is 2.33. The maximum Gasteiger partial charge on any atom is 0.0717 e. The third-order valence-electron chi connectivity index (χ3n) is 3.16. The number of anilines is 1.